The lowest BCUT2D eigenvalue weighted by atomic mass is 10.4. The van der Waals surface area contributed by atoms with Crippen LogP contribution in [0.15, 0.2) is 21.5 Å². The maximum Gasteiger partial charge on any atom is 0.401 e. The fraction of sp³-hybridized carbons (Fsp3) is 0.500. The molecule has 0 aliphatic carbocycles. The number of nitrogens with one attached hydrogen (secondary N) is 1. The van der Waals surface area contributed by atoms with Crippen molar-refractivity contribution in [3.63, 3.8) is 0 Å². The fourth-order valence-corrected chi connectivity index (χ4v) is 4.81. The molecule has 0 aliphatic rings. The molecule has 0 fully saturated rings. The zero-order chi connectivity index (χ0) is 17.8. The summed E-state index contributed by atoms with van der Waals surface area (Å²) in [7, 11) is -2.64. The van der Waals surface area contributed by atoms with Crippen molar-refractivity contribution in [3.05, 3.63) is 26.7 Å². The number of sulfonamides is 1. The summed E-state index contributed by atoms with van der Waals surface area (Å²) in [5.74, 6) is 0. The highest BCUT2D eigenvalue weighted by molar-refractivity contribution is 9.10. The maximum atomic E-state index is 12.2. The van der Waals surface area contributed by atoms with E-state index in [0.717, 1.165) is 4.90 Å². The number of rotatable bonds is 7. The first kappa shape index (κ1) is 21.0. The van der Waals surface area contributed by atoms with Crippen molar-refractivity contribution >= 4 is 49.2 Å². The van der Waals surface area contributed by atoms with Gasteiger partial charge >= 0.3 is 6.18 Å². The van der Waals surface area contributed by atoms with Crippen molar-refractivity contribution in [2.24, 2.45) is 0 Å². The van der Waals surface area contributed by atoms with E-state index in [4.69, 9.17) is 23.2 Å². The van der Waals surface area contributed by atoms with Crippen molar-refractivity contribution in [1.82, 2.24) is 9.62 Å². The van der Waals surface area contributed by atoms with E-state index in [1.165, 1.54) is 19.2 Å². The van der Waals surface area contributed by atoms with Crippen LogP contribution in [0.5, 0.6) is 0 Å². The third-order valence-electron chi connectivity index (χ3n) is 2.69. The van der Waals surface area contributed by atoms with E-state index >= 15 is 0 Å². The SMILES string of the molecule is CN(CCCNS(=O)(=O)c1c(Cl)cc(Br)cc1Cl)CC(F)(F)F. The van der Waals surface area contributed by atoms with E-state index in [1.54, 1.807) is 0 Å². The summed E-state index contributed by atoms with van der Waals surface area (Å²) in [6.07, 6.45) is -4.08. The quantitative estimate of drug-likeness (QED) is 0.631. The largest absolute Gasteiger partial charge is 0.401 e. The Morgan fingerprint density at radius 3 is 2.26 bits per heavy atom. The Bertz CT molecular complexity index is 633. The summed E-state index contributed by atoms with van der Waals surface area (Å²) < 4.78 is 63.6. The number of alkyl halides is 3. The van der Waals surface area contributed by atoms with Gasteiger partial charge in [-0.1, -0.05) is 39.1 Å². The fourth-order valence-electron chi connectivity index (χ4n) is 1.80. The predicted octanol–water partition coefficient (Wildman–Crippen LogP) is 3.92. The Hall–Kier alpha value is -0.0600. The van der Waals surface area contributed by atoms with Crippen LogP contribution < -0.4 is 4.72 Å². The molecule has 132 valence electrons. The van der Waals surface area contributed by atoms with Gasteiger partial charge < -0.3 is 0 Å². The van der Waals surface area contributed by atoms with Crippen LogP contribution in [0, 0.1) is 0 Å². The summed E-state index contributed by atoms with van der Waals surface area (Å²) in [5, 5.41) is -0.0999. The topological polar surface area (TPSA) is 49.4 Å². The molecule has 1 rings (SSSR count). The van der Waals surface area contributed by atoms with Crippen LogP contribution in [0.1, 0.15) is 6.42 Å². The van der Waals surface area contributed by atoms with Gasteiger partial charge in [0.1, 0.15) is 4.90 Å². The smallest absolute Gasteiger partial charge is 0.298 e. The van der Waals surface area contributed by atoms with Crippen LogP contribution in [0.3, 0.4) is 0 Å². The lowest BCUT2D eigenvalue weighted by molar-refractivity contribution is -0.143. The van der Waals surface area contributed by atoms with Gasteiger partial charge in [-0.2, -0.15) is 13.2 Å². The summed E-state index contributed by atoms with van der Waals surface area (Å²) in [4.78, 5) is 0.807. The Balaban J connectivity index is 2.61. The van der Waals surface area contributed by atoms with Crippen molar-refractivity contribution < 1.29 is 21.6 Å². The molecule has 0 aromatic heterocycles. The van der Waals surface area contributed by atoms with Crippen LogP contribution in [0.4, 0.5) is 13.2 Å². The van der Waals surface area contributed by atoms with Gasteiger partial charge in [0.25, 0.3) is 0 Å². The molecule has 1 aromatic rings. The van der Waals surface area contributed by atoms with E-state index in [1.807, 2.05) is 0 Å². The summed E-state index contributed by atoms with van der Waals surface area (Å²) >= 11 is 14.9. The van der Waals surface area contributed by atoms with Crippen molar-refractivity contribution in [2.45, 2.75) is 17.5 Å². The Morgan fingerprint density at radius 2 is 1.78 bits per heavy atom. The number of hydrogen-bond acceptors (Lipinski definition) is 3. The minimum absolute atomic E-state index is 0.0345. The molecule has 0 saturated carbocycles. The molecule has 0 atom stereocenters. The van der Waals surface area contributed by atoms with E-state index < -0.39 is 22.7 Å². The van der Waals surface area contributed by atoms with Gasteiger partial charge in [0, 0.05) is 11.0 Å². The zero-order valence-electron chi connectivity index (χ0n) is 11.9. The zero-order valence-corrected chi connectivity index (χ0v) is 15.8. The maximum absolute atomic E-state index is 12.2. The minimum Gasteiger partial charge on any atom is -0.298 e. The standard InChI is InChI=1S/C12H14BrCl2F3N2O2S/c1-20(7-12(16,17)18)4-2-3-19-23(21,22)11-9(14)5-8(13)6-10(11)15/h5-6,19H,2-4,7H2,1H3. The lowest BCUT2D eigenvalue weighted by Crippen LogP contribution is -2.34. The molecular weight excluding hydrogens is 444 g/mol. The average Bonchev–Trinajstić information content (AvgIpc) is 2.30. The molecule has 1 N–H and O–H groups in total. The van der Waals surface area contributed by atoms with Gasteiger partial charge in [0.2, 0.25) is 10.0 Å². The van der Waals surface area contributed by atoms with Gasteiger partial charge in [-0.15, -0.1) is 0 Å². The second-order valence-corrected chi connectivity index (χ2v) is 8.24. The highest BCUT2D eigenvalue weighted by Gasteiger charge is 2.29. The van der Waals surface area contributed by atoms with Gasteiger partial charge in [0.15, 0.2) is 0 Å². The van der Waals surface area contributed by atoms with Crippen LogP contribution in [-0.4, -0.2) is 46.2 Å². The molecule has 0 spiro atoms. The molecule has 1 aromatic carbocycles. The molecule has 4 nitrogen and oxygen atoms in total. The molecule has 0 amide bonds. The lowest BCUT2D eigenvalue weighted by Gasteiger charge is -2.18. The average molecular weight is 458 g/mol. The molecule has 23 heavy (non-hydrogen) atoms. The van der Waals surface area contributed by atoms with Gasteiger partial charge in [-0.25, -0.2) is 13.1 Å². The van der Waals surface area contributed by atoms with Crippen LogP contribution in [0.2, 0.25) is 10.0 Å². The molecule has 0 radical (unpaired) electrons. The van der Waals surface area contributed by atoms with E-state index in [0.29, 0.717) is 4.47 Å². The Kier molecular flexibility index (Phi) is 7.62. The van der Waals surface area contributed by atoms with E-state index in [9.17, 15) is 21.6 Å². The first-order valence-corrected chi connectivity index (χ1v) is 9.35. The first-order valence-electron chi connectivity index (χ1n) is 6.32. The van der Waals surface area contributed by atoms with Crippen molar-refractivity contribution in [3.8, 4) is 0 Å². The number of hydrogen-bond donors (Lipinski definition) is 1. The third-order valence-corrected chi connectivity index (χ3v) is 5.53. The predicted molar refractivity (Wildman–Crippen MR) is 87.5 cm³/mol. The normalized spacial score (nSPS) is 12.9. The molecular formula is C12H14BrCl2F3N2O2S. The van der Waals surface area contributed by atoms with Crippen LogP contribution >= 0.6 is 39.1 Å². The van der Waals surface area contributed by atoms with E-state index in [-0.39, 0.29) is 34.5 Å². The minimum atomic E-state index is -4.28. The van der Waals surface area contributed by atoms with Gasteiger partial charge in [-0.3, -0.25) is 4.90 Å². The summed E-state index contributed by atoms with van der Waals surface area (Å²) in [5.41, 5.74) is 0. The highest BCUT2D eigenvalue weighted by Crippen LogP contribution is 2.32. The second kappa shape index (κ2) is 8.35. The molecule has 0 heterocycles. The monoisotopic (exact) mass is 456 g/mol. The highest BCUT2D eigenvalue weighted by atomic mass is 79.9. The molecule has 11 heteroatoms. The number of benzene rings is 1. The number of nitrogens with zero attached hydrogens (tertiary/aromatic N) is 1. The van der Waals surface area contributed by atoms with Gasteiger partial charge in [-0.05, 0) is 32.1 Å². The Labute approximate surface area is 151 Å². The first-order chi connectivity index (χ1) is 10.4. The molecule has 0 aliphatic heterocycles. The summed E-state index contributed by atoms with van der Waals surface area (Å²) in [6, 6.07) is 2.78. The second-order valence-electron chi connectivity index (χ2n) is 4.80. The van der Waals surface area contributed by atoms with Crippen molar-refractivity contribution in [1.29, 1.82) is 0 Å². The van der Waals surface area contributed by atoms with Crippen molar-refractivity contribution in [2.75, 3.05) is 26.7 Å². The van der Waals surface area contributed by atoms with E-state index in [2.05, 4.69) is 20.7 Å². The third kappa shape index (κ3) is 7.15. The molecule has 0 bridgehead atoms. The van der Waals surface area contributed by atoms with Crippen LogP contribution in [0.25, 0.3) is 0 Å². The summed E-state index contributed by atoms with van der Waals surface area (Å²) in [6.45, 7) is -0.999. The van der Waals surface area contributed by atoms with Gasteiger partial charge in [0.05, 0.1) is 16.6 Å². The molecule has 0 saturated heterocycles. The number of halogens is 6. The van der Waals surface area contributed by atoms with Crippen LogP contribution in [-0.2, 0) is 10.0 Å². The molecule has 0 unspecified atom stereocenters. The Morgan fingerprint density at radius 1 is 1.26 bits per heavy atom.